The van der Waals surface area contributed by atoms with Crippen LogP contribution in [0.25, 0.3) is 17.2 Å². The standard InChI is InChI=1S/C23H28/c1-6-7-8-19-13-21-17(4)11-18(5)23(22(21)14-19)20-10-9-15(2)16(3)12-20/h9-12,14H,6-8,13H2,1-5H3. The van der Waals surface area contributed by atoms with Gasteiger partial charge in [-0.2, -0.15) is 0 Å². The first kappa shape index (κ1) is 16.1. The fourth-order valence-electron chi connectivity index (χ4n) is 3.78. The predicted octanol–water partition coefficient (Wildman–Crippen LogP) is 6.72. The van der Waals surface area contributed by atoms with Gasteiger partial charge in [-0.3, -0.25) is 0 Å². The second-order valence-electron chi connectivity index (χ2n) is 7.16. The molecule has 0 atom stereocenters. The SMILES string of the molecule is CCCCC1=Cc2c(c(C)cc(C)c2-c2ccc(C)c(C)c2)C1. The molecule has 0 amide bonds. The van der Waals surface area contributed by atoms with Crippen LogP contribution in [0.3, 0.4) is 0 Å². The minimum atomic E-state index is 1.15. The molecule has 23 heavy (non-hydrogen) atoms. The van der Waals surface area contributed by atoms with Gasteiger partial charge in [-0.1, -0.05) is 49.3 Å². The summed E-state index contributed by atoms with van der Waals surface area (Å²) in [6.45, 7) is 11.2. The van der Waals surface area contributed by atoms with Crippen molar-refractivity contribution in [1.29, 1.82) is 0 Å². The second-order valence-corrected chi connectivity index (χ2v) is 7.16. The number of hydrogen-bond donors (Lipinski definition) is 0. The van der Waals surface area contributed by atoms with Gasteiger partial charge in [0.15, 0.2) is 0 Å². The third-order valence-electron chi connectivity index (χ3n) is 5.30. The second kappa shape index (κ2) is 6.35. The van der Waals surface area contributed by atoms with Crippen LogP contribution in [0.2, 0.25) is 0 Å². The highest BCUT2D eigenvalue weighted by Crippen LogP contribution is 2.39. The number of aryl methyl sites for hydroxylation is 4. The van der Waals surface area contributed by atoms with Crippen LogP contribution in [0.15, 0.2) is 29.8 Å². The number of allylic oxidation sites excluding steroid dienone is 1. The Morgan fingerprint density at radius 2 is 1.65 bits per heavy atom. The summed E-state index contributed by atoms with van der Waals surface area (Å²) in [4.78, 5) is 0. The average Bonchev–Trinajstić information content (AvgIpc) is 2.93. The molecule has 2 aromatic rings. The Labute approximate surface area is 141 Å². The van der Waals surface area contributed by atoms with Crippen LogP contribution in [0, 0.1) is 27.7 Å². The third kappa shape index (κ3) is 3.00. The van der Waals surface area contributed by atoms with Gasteiger partial charge in [-0.05, 0) is 91.5 Å². The number of fused-ring (bicyclic) bond motifs is 1. The number of benzene rings is 2. The van der Waals surface area contributed by atoms with Crippen LogP contribution in [-0.4, -0.2) is 0 Å². The first-order valence-electron chi connectivity index (χ1n) is 8.91. The minimum absolute atomic E-state index is 1.15. The normalized spacial score (nSPS) is 13.2. The molecule has 0 saturated heterocycles. The molecule has 0 spiro atoms. The average molecular weight is 304 g/mol. The van der Waals surface area contributed by atoms with Crippen molar-refractivity contribution in [2.75, 3.05) is 0 Å². The molecule has 0 unspecified atom stereocenters. The molecule has 0 bridgehead atoms. The van der Waals surface area contributed by atoms with Gasteiger partial charge in [0.25, 0.3) is 0 Å². The molecule has 0 saturated carbocycles. The summed E-state index contributed by atoms with van der Waals surface area (Å²) < 4.78 is 0. The van der Waals surface area contributed by atoms with E-state index in [9.17, 15) is 0 Å². The molecule has 0 heteroatoms. The van der Waals surface area contributed by atoms with E-state index in [0.717, 1.165) is 6.42 Å². The Bertz CT molecular complexity index is 775. The predicted molar refractivity (Wildman–Crippen MR) is 102 cm³/mol. The van der Waals surface area contributed by atoms with E-state index in [0.29, 0.717) is 0 Å². The molecule has 3 rings (SSSR count). The van der Waals surface area contributed by atoms with Crippen molar-refractivity contribution in [3.05, 3.63) is 63.2 Å². The maximum Gasteiger partial charge on any atom is -0.00550 e. The maximum absolute atomic E-state index is 2.48. The Morgan fingerprint density at radius 1 is 0.870 bits per heavy atom. The van der Waals surface area contributed by atoms with E-state index >= 15 is 0 Å². The van der Waals surface area contributed by atoms with Crippen molar-refractivity contribution < 1.29 is 0 Å². The summed E-state index contributed by atoms with van der Waals surface area (Å²) in [7, 11) is 0. The fourth-order valence-corrected chi connectivity index (χ4v) is 3.78. The molecule has 0 radical (unpaired) electrons. The van der Waals surface area contributed by atoms with Crippen LogP contribution in [-0.2, 0) is 6.42 Å². The zero-order valence-electron chi connectivity index (χ0n) is 15.2. The molecule has 0 fully saturated rings. The van der Waals surface area contributed by atoms with Gasteiger partial charge in [0.05, 0.1) is 0 Å². The van der Waals surface area contributed by atoms with Gasteiger partial charge < -0.3 is 0 Å². The lowest BCUT2D eigenvalue weighted by molar-refractivity contribution is 0.779. The summed E-state index contributed by atoms with van der Waals surface area (Å²) in [6, 6.07) is 9.27. The molecule has 2 aromatic carbocycles. The van der Waals surface area contributed by atoms with E-state index in [-0.39, 0.29) is 0 Å². The lowest BCUT2D eigenvalue weighted by atomic mass is 9.89. The Kier molecular flexibility index (Phi) is 4.43. The van der Waals surface area contributed by atoms with E-state index in [4.69, 9.17) is 0 Å². The minimum Gasteiger partial charge on any atom is -0.0654 e. The van der Waals surface area contributed by atoms with E-state index in [1.807, 2.05) is 0 Å². The Balaban J connectivity index is 2.13. The van der Waals surface area contributed by atoms with E-state index in [1.165, 1.54) is 58.2 Å². The molecule has 0 aromatic heterocycles. The monoisotopic (exact) mass is 304 g/mol. The number of rotatable bonds is 4. The van der Waals surface area contributed by atoms with Crippen LogP contribution in [0.1, 0.15) is 59.6 Å². The van der Waals surface area contributed by atoms with E-state index in [1.54, 1.807) is 11.1 Å². The summed E-state index contributed by atoms with van der Waals surface area (Å²) in [6.07, 6.45) is 7.46. The lowest BCUT2D eigenvalue weighted by Crippen LogP contribution is -1.96. The summed E-state index contributed by atoms with van der Waals surface area (Å²) in [5.74, 6) is 0. The first-order chi connectivity index (χ1) is 11.0. The lowest BCUT2D eigenvalue weighted by Gasteiger charge is -2.15. The first-order valence-corrected chi connectivity index (χ1v) is 8.91. The topological polar surface area (TPSA) is 0 Å². The number of hydrogen-bond acceptors (Lipinski definition) is 0. The fraction of sp³-hybridized carbons (Fsp3) is 0.391. The summed E-state index contributed by atoms with van der Waals surface area (Å²) >= 11 is 0. The highest BCUT2D eigenvalue weighted by molar-refractivity contribution is 5.84. The molecule has 0 heterocycles. The van der Waals surface area contributed by atoms with Gasteiger partial charge >= 0.3 is 0 Å². The van der Waals surface area contributed by atoms with Gasteiger partial charge in [0.2, 0.25) is 0 Å². The summed E-state index contributed by atoms with van der Waals surface area (Å²) in [5, 5.41) is 0. The molecule has 0 N–H and O–H groups in total. The third-order valence-corrected chi connectivity index (χ3v) is 5.30. The van der Waals surface area contributed by atoms with Crippen LogP contribution in [0.4, 0.5) is 0 Å². The summed E-state index contributed by atoms with van der Waals surface area (Å²) in [5.41, 5.74) is 13.1. The highest BCUT2D eigenvalue weighted by atomic mass is 14.2. The maximum atomic E-state index is 2.48. The van der Waals surface area contributed by atoms with Crippen molar-refractivity contribution in [2.24, 2.45) is 0 Å². The molecular weight excluding hydrogens is 276 g/mol. The quantitative estimate of drug-likeness (QED) is 0.588. The van der Waals surface area contributed by atoms with Crippen molar-refractivity contribution in [2.45, 2.75) is 60.3 Å². The number of unbranched alkanes of at least 4 members (excludes halogenated alkanes) is 1. The molecule has 0 nitrogen and oxygen atoms in total. The molecule has 120 valence electrons. The van der Waals surface area contributed by atoms with Gasteiger partial charge in [0.1, 0.15) is 0 Å². The van der Waals surface area contributed by atoms with Crippen molar-refractivity contribution in [3.8, 4) is 11.1 Å². The zero-order valence-corrected chi connectivity index (χ0v) is 15.2. The molecular formula is C23H28. The Morgan fingerprint density at radius 3 is 2.35 bits per heavy atom. The Hall–Kier alpha value is -1.82. The molecule has 1 aliphatic carbocycles. The molecule has 0 aliphatic heterocycles. The van der Waals surface area contributed by atoms with Crippen LogP contribution in [0.5, 0.6) is 0 Å². The van der Waals surface area contributed by atoms with E-state index < -0.39 is 0 Å². The smallest absolute Gasteiger partial charge is 0.00550 e. The van der Waals surface area contributed by atoms with Gasteiger partial charge in [0, 0.05) is 0 Å². The van der Waals surface area contributed by atoms with Gasteiger partial charge in [-0.25, -0.2) is 0 Å². The highest BCUT2D eigenvalue weighted by Gasteiger charge is 2.20. The molecule has 1 aliphatic rings. The van der Waals surface area contributed by atoms with Crippen LogP contribution >= 0.6 is 0 Å². The van der Waals surface area contributed by atoms with Crippen molar-refractivity contribution in [3.63, 3.8) is 0 Å². The van der Waals surface area contributed by atoms with Crippen molar-refractivity contribution in [1.82, 2.24) is 0 Å². The largest absolute Gasteiger partial charge is 0.0654 e. The van der Waals surface area contributed by atoms with Gasteiger partial charge in [-0.15, -0.1) is 0 Å². The van der Waals surface area contributed by atoms with Crippen molar-refractivity contribution >= 4 is 6.08 Å². The van der Waals surface area contributed by atoms with E-state index in [2.05, 4.69) is 65.0 Å². The van der Waals surface area contributed by atoms with Crippen LogP contribution < -0.4 is 0 Å². The zero-order chi connectivity index (χ0) is 16.6.